The highest BCUT2D eigenvalue weighted by atomic mass is 32.2. The summed E-state index contributed by atoms with van der Waals surface area (Å²) in [7, 11) is -4.24. The summed E-state index contributed by atoms with van der Waals surface area (Å²) in [5.41, 5.74) is 2.21. The standard InChI is InChI=1S/C33H35N5O8S/c1-2-17-36-22-31(40)37-28(19-24-11-14-27(15-12-24)46-47(34,44)45)32(41)35(20-25-9-6-10-26(18-25)33(42)43)21-29(37)38(36)30(39)16-13-23-7-4-3-5-8-23/h2-12,14-15,18,28-29H,1,13,16-17,19-22H2,(H,42,43)(H2,34,44,45)/t28-,29-/m0/s1. The molecule has 3 aromatic rings. The van der Waals surface area contributed by atoms with Crippen molar-refractivity contribution < 1.29 is 36.9 Å². The number of carbonyl (C=O) groups is 4. The van der Waals surface area contributed by atoms with Gasteiger partial charge in [-0.25, -0.2) is 14.8 Å². The van der Waals surface area contributed by atoms with Crippen LogP contribution in [0.15, 0.2) is 91.5 Å². The summed E-state index contributed by atoms with van der Waals surface area (Å²) in [6.07, 6.45) is 1.43. The molecule has 5 rings (SSSR count). The number of amides is 3. The highest BCUT2D eigenvalue weighted by Gasteiger charge is 2.51. The maximum atomic E-state index is 14.2. The summed E-state index contributed by atoms with van der Waals surface area (Å²) >= 11 is 0. The van der Waals surface area contributed by atoms with E-state index in [1.807, 2.05) is 30.3 Å². The molecule has 3 amide bonds. The number of fused-ring (bicyclic) bond motifs is 1. The molecule has 0 spiro atoms. The van der Waals surface area contributed by atoms with Crippen molar-refractivity contribution >= 4 is 34.0 Å². The van der Waals surface area contributed by atoms with Crippen molar-refractivity contribution in [2.24, 2.45) is 5.14 Å². The van der Waals surface area contributed by atoms with Gasteiger partial charge < -0.3 is 19.1 Å². The first-order valence-corrected chi connectivity index (χ1v) is 16.4. The van der Waals surface area contributed by atoms with E-state index in [4.69, 9.17) is 9.32 Å². The molecule has 0 saturated carbocycles. The molecule has 3 aromatic carbocycles. The lowest BCUT2D eigenvalue weighted by atomic mass is 9.98. The van der Waals surface area contributed by atoms with Gasteiger partial charge >= 0.3 is 16.3 Å². The Bertz CT molecular complexity index is 1770. The van der Waals surface area contributed by atoms with Crippen LogP contribution in [0.2, 0.25) is 0 Å². The molecule has 2 fully saturated rings. The van der Waals surface area contributed by atoms with E-state index >= 15 is 0 Å². The molecule has 2 saturated heterocycles. The number of piperazine rings is 1. The monoisotopic (exact) mass is 661 g/mol. The van der Waals surface area contributed by atoms with Crippen LogP contribution in [0, 0.1) is 0 Å². The fourth-order valence-corrected chi connectivity index (χ4v) is 6.36. The number of rotatable bonds is 12. The zero-order valence-electron chi connectivity index (χ0n) is 25.5. The van der Waals surface area contributed by atoms with Crippen LogP contribution in [-0.4, -0.2) is 88.9 Å². The molecule has 0 aromatic heterocycles. The smallest absolute Gasteiger partial charge is 0.380 e. The molecular weight excluding hydrogens is 626 g/mol. The van der Waals surface area contributed by atoms with Crippen LogP contribution in [0.5, 0.6) is 5.75 Å². The number of aromatic carboxylic acids is 1. The highest BCUT2D eigenvalue weighted by Crippen LogP contribution is 2.30. The number of hydrogen-bond donors (Lipinski definition) is 2. The summed E-state index contributed by atoms with van der Waals surface area (Å²) in [4.78, 5) is 56.5. The van der Waals surface area contributed by atoms with E-state index in [9.17, 15) is 32.7 Å². The number of aryl methyl sites for hydroxylation is 1. The zero-order valence-corrected chi connectivity index (χ0v) is 26.3. The third kappa shape index (κ3) is 8.03. The third-order valence-electron chi connectivity index (χ3n) is 8.01. The second kappa shape index (κ2) is 14.2. The molecule has 0 radical (unpaired) electrons. The van der Waals surface area contributed by atoms with Gasteiger partial charge in [-0.2, -0.15) is 13.6 Å². The minimum absolute atomic E-state index is 0.00969. The van der Waals surface area contributed by atoms with Crippen LogP contribution in [-0.2, 0) is 44.1 Å². The topological polar surface area (TPSA) is 171 Å². The van der Waals surface area contributed by atoms with Gasteiger partial charge in [-0.1, -0.05) is 60.7 Å². The Morgan fingerprint density at radius 1 is 0.979 bits per heavy atom. The van der Waals surface area contributed by atoms with Crippen LogP contribution in [0.3, 0.4) is 0 Å². The average Bonchev–Trinajstić information content (AvgIpc) is 3.03. The maximum absolute atomic E-state index is 14.2. The van der Waals surface area contributed by atoms with E-state index in [2.05, 4.69) is 6.58 Å². The Hall–Kier alpha value is -5.05. The normalized spacial score (nSPS) is 18.5. The fourth-order valence-electron chi connectivity index (χ4n) is 5.98. The van der Waals surface area contributed by atoms with E-state index in [1.165, 1.54) is 34.1 Å². The van der Waals surface area contributed by atoms with Crippen LogP contribution < -0.4 is 9.32 Å². The molecule has 2 aliphatic heterocycles. The fraction of sp³-hybridized carbons (Fsp3) is 0.273. The minimum atomic E-state index is -4.24. The van der Waals surface area contributed by atoms with E-state index in [0.717, 1.165) is 5.56 Å². The van der Waals surface area contributed by atoms with Crippen LogP contribution >= 0.6 is 0 Å². The Balaban J connectivity index is 1.50. The lowest BCUT2D eigenvalue weighted by molar-refractivity contribution is -0.205. The molecule has 2 aliphatic rings. The SMILES string of the molecule is C=CCN1CC(=O)N2[C@@H](Cc3ccc(OS(N)(=O)=O)cc3)C(=O)N(Cc3cccc(C(=O)O)c3)C[C@@H]2N1C(=O)CCc1ccccc1. The average molecular weight is 662 g/mol. The summed E-state index contributed by atoms with van der Waals surface area (Å²) < 4.78 is 27.4. The number of hydrogen-bond acceptors (Lipinski definition) is 8. The van der Waals surface area contributed by atoms with Crippen molar-refractivity contribution in [2.75, 3.05) is 19.6 Å². The van der Waals surface area contributed by atoms with Crippen molar-refractivity contribution in [3.05, 3.63) is 114 Å². The number of carbonyl (C=O) groups excluding carboxylic acids is 3. The summed E-state index contributed by atoms with van der Waals surface area (Å²) in [6.45, 7) is 3.91. The maximum Gasteiger partial charge on any atom is 0.380 e. The number of benzene rings is 3. The molecule has 3 N–H and O–H groups in total. The van der Waals surface area contributed by atoms with Crippen LogP contribution in [0.1, 0.15) is 33.5 Å². The van der Waals surface area contributed by atoms with Crippen molar-refractivity contribution in [1.29, 1.82) is 0 Å². The molecule has 14 heteroatoms. The van der Waals surface area contributed by atoms with E-state index in [1.54, 1.807) is 40.4 Å². The van der Waals surface area contributed by atoms with Crippen molar-refractivity contribution in [3.63, 3.8) is 0 Å². The zero-order chi connectivity index (χ0) is 33.7. The van der Waals surface area contributed by atoms with Crippen molar-refractivity contribution in [1.82, 2.24) is 19.8 Å². The molecule has 0 bridgehead atoms. The second-order valence-electron chi connectivity index (χ2n) is 11.3. The Morgan fingerprint density at radius 3 is 2.34 bits per heavy atom. The number of carboxylic acids is 1. The Morgan fingerprint density at radius 2 is 1.68 bits per heavy atom. The molecule has 13 nitrogen and oxygen atoms in total. The minimum Gasteiger partial charge on any atom is -0.478 e. The lowest BCUT2D eigenvalue weighted by Crippen LogP contribution is -2.75. The third-order valence-corrected chi connectivity index (χ3v) is 8.43. The predicted octanol–water partition coefficient (Wildman–Crippen LogP) is 1.95. The van der Waals surface area contributed by atoms with E-state index in [-0.39, 0.29) is 68.1 Å². The van der Waals surface area contributed by atoms with Gasteiger partial charge in [0.25, 0.3) is 0 Å². The number of nitrogens with zero attached hydrogens (tertiary/aromatic N) is 4. The molecule has 47 heavy (non-hydrogen) atoms. The Labute approximate surface area is 272 Å². The molecule has 2 atom stereocenters. The van der Waals surface area contributed by atoms with Gasteiger partial charge in [-0.15, -0.1) is 6.58 Å². The lowest BCUT2D eigenvalue weighted by Gasteiger charge is -2.55. The second-order valence-corrected chi connectivity index (χ2v) is 12.5. The van der Waals surface area contributed by atoms with E-state index < -0.39 is 28.5 Å². The summed E-state index contributed by atoms with van der Waals surface area (Å²) in [5.74, 6) is -2.08. The first kappa shape index (κ1) is 33.3. The van der Waals surface area contributed by atoms with Gasteiger partial charge in [0.2, 0.25) is 17.7 Å². The van der Waals surface area contributed by atoms with Crippen molar-refractivity contribution in [3.8, 4) is 5.75 Å². The van der Waals surface area contributed by atoms with Gasteiger partial charge in [-0.05, 0) is 47.4 Å². The first-order chi connectivity index (χ1) is 22.4. The largest absolute Gasteiger partial charge is 0.478 e. The molecule has 2 heterocycles. The molecule has 246 valence electrons. The van der Waals surface area contributed by atoms with E-state index in [0.29, 0.717) is 17.5 Å². The van der Waals surface area contributed by atoms with Crippen molar-refractivity contribution in [2.45, 2.75) is 38.0 Å². The molecular formula is C33H35N5O8S. The summed E-state index contributed by atoms with van der Waals surface area (Å²) in [6, 6.07) is 20.7. The van der Waals surface area contributed by atoms with Crippen LogP contribution in [0.4, 0.5) is 0 Å². The number of nitrogens with two attached hydrogens (primary N) is 1. The quantitative estimate of drug-likeness (QED) is 0.276. The molecule has 0 unspecified atom stereocenters. The Kier molecular flexibility index (Phi) is 10.0. The van der Waals surface area contributed by atoms with Crippen LogP contribution in [0.25, 0.3) is 0 Å². The van der Waals surface area contributed by atoms with Gasteiger partial charge in [0.05, 0.1) is 18.7 Å². The molecule has 0 aliphatic carbocycles. The number of hydrazine groups is 1. The number of carboxylic acid groups (broad SMARTS) is 1. The highest BCUT2D eigenvalue weighted by molar-refractivity contribution is 7.84. The predicted molar refractivity (Wildman–Crippen MR) is 171 cm³/mol. The van der Waals surface area contributed by atoms with Gasteiger partial charge in [-0.3, -0.25) is 14.4 Å². The summed E-state index contributed by atoms with van der Waals surface area (Å²) in [5, 5.41) is 17.7. The van der Waals surface area contributed by atoms with Gasteiger partial charge in [0.15, 0.2) is 0 Å². The van der Waals surface area contributed by atoms with Gasteiger partial charge in [0, 0.05) is 25.9 Å². The van der Waals surface area contributed by atoms with Gasteiger partial charge in [0.1, 0.15) is 18.0 Å². The first-order valence-electron chi connectivity index (χ1n) is 14.9.